The summed E-state index contributed by atoms with van der Waals surface area (Å²) in [5.74, 6) is 0. The van der Waals surface area contributed by atoms with Crippen LogP contribution in [0.2, 0.25) is 0 Å². The zero-order valence-corrected chi connectivity index (χ0v) is 19.1. The number of fused-ring (bicyclic) bond motifs is 3. The molecule has 32 heavy (non-hydrogen) atoms. The van der Waals surface area contributed by atoms with Crippen molar-refractivity contribution in [3.63, 3.8) is 0 Å². The fraction of sp³-hybridized carbons (Fsp3) is 0.200. The molecule has 0 aromatic heterocycles. The zero-order chi connectivity index (χ0) is 22.3. The fourth-order valence-corrected chi connectivity index (χ4v) is 5.29. The lowest BCUT2D eigenvalue weighted by Crippen LogP contribution is -2.26. The Morgan fingerprint density at radius 1 is 1.00 bits per heavy atom. The molecule has 0 spiro atoms. The number of benzene rings is 3. The molecule has 0 saturated carbocycles. The van der Waals surface area contributed by atoms with Crippen molar-refractivity contribution >= 4 is 17.1 Å². The van der Waals surface area contributed by atoms with Crippen molar-refractivity contribution < 1.29 is 0 Å². The summed E-state index contributed by atoms with van der Waals surface area (Å²) >= 11 is 0. The molecule has 2 aliphatic rings. The third kappa shape index (κ3) is 3.27. The summed E-state index contributed by atoms with van der Waals surface area (Å²) in [6.45, 7) is 10.7. The standard InChI is InChI=1S/C30H30N2/c1-5-6-8-15-25-20-23-17-18-26-27(28(23)32(25)24-16-11-12-21(2)19-24)30(3,4)29(31-26)22-13-9-7-10-14-22/h5-19,29,31H,1,20H2,2-4H3/b8-6-,25-15+. The average molecular weight is 419 g/mol. The molecule has 0 aliphatic carbocycles. The largest absolute Gasteiger partial charge is 0.377 e. The van der Waals surface area contributed by atoms with E-state index in [1.54, 1.807) is 0 Å². The number of aryl methyl sites for hydroxylation is 1. The summed E-state index contributed by atoms with van der Waals surface area (Å²) in [5, 5.41) is 3.85. The van der Waals surface area contributed by atoms with E-state index in [1.807, 2.05) is 12.2 Å². The summed E-state index contributed by atoms with van der Waals surface area (Å²) < 4.78 is 0. The number of rotatable bonds is 4. The molecule has 2 nitrogen and oxygen atoms in total. The quantitative estimate of drug-likeness (QED) is 0.436. The molecule has 0 fully saturated rings. The molecule has 1 atom stereocenters. The van der Waals surface area contributed by atoms with Gasteiger partial charge in [-0.25, -0.2) is 0 Å². The van der Waals surface area contributed by atoms with Crippen LogP contribution in [-0.4, -0.2) is 0 Å². The summed E-state index contributed by atoms with van der Waals surface area (Å²) in [6, 6.07) is 24.4. The number of hydrogen-bond acceptors (Lipinski definition) is 2. The van der Waals surface area contributed by atoms with Crippen LogP contribution >= 0.6 is 0 Å². The maximum Gasteiger partial charge on any atom is 0.0606 e. The zero-order valence-electron chi connectivity index (χ0n) is 19.1. The van der Waals surface area contributed by atoms with Crippen molar-refractivity contribution in [1.29, 1.82) is 0 Å². The van der Waals surface area contributed by atoms with E-state index >= 15 is 0 Å². The van der Waals surface area contributed by atoms with Crippen molar-refractivity contribution in [1.82, 2.24) is 0 Å². The molecule has 5 rings (SSSR count). The Morgan fingerprint density at radius 3 is 2.56 bits per heavy atom. The molecule has 1 unspecified atom stereocenters. The van der Waals surface area contributed by atoms with Gasteiger partial charge in [0.05, 0.1) is 11.7 Å². The van der Waals surface area contributed by atoms with Crippen LogP contribution in [-0.2, 0) is 11.8 Å². The molecular weight excluding hydrogens is 388 g/mol. The molecule has 3 aromatic carbocycles. The Hall–Kier alpha value is -3.52. The smallest absolute Gasteiger partial charge is 0.0606 e. The summed E-state index contributed by atoms with van der Waals surface area (Å²) in [4.78, 5) is 2.46. The highest BCUT2D eigenvalue weighted by Crippen LogP contribution is 2.56. The number of nitrogens with zero attached hydrogens (tertiary/aromatic N) is 1. The molecule has 1 N–H and O–H groups in total. The maximum atomic E-state index is 3.85. The van der Waals surface area contributed by atoms with E-state index in [2.05, 4.69) is 116 Å². The van der Waals surface area contributed by atoms with Gasteiger partial charge in [-0.15, -0.1) is 0 Å². The minimum atomic E-state index is -0.0590. The minimum absolute atomic E-state index is 0.0590. The number of hydrogen-bond donors (Lipinski definition) is 1. The van der Waals surface area contributed by atoms with Crippen LogP contribution in [0, 0.1) is 6.92 Å². The summed E-state index contributed by atoms with van der Waals surface area (Å²) in [5.41, 5.74) is 10.4. The first-order valence-electron chi connectivity index (χ1n) is 11.3. The van der Waals surface area contributed by atoms with Crippen molar-refractivity contribution in [2.75, 3.05) is 10.2 Å². The molecule has 2 heteroatoms. The van der Waals surface area contributed by atoms with Crippen LogP contribution in [0.25, 0.3) is 0 Å². The highest BCUT2D eigenvalue weighted by Gasteiger charge is 2.45. The molecule has 0 bridgehead atoms. The first-order valence-corrected chi connectivity index (χ1v) is 11.3. The molecule has 3 aromatic rings. The van der Waals surface area contributed by atoms with Gasteiger partial charge in [0.25, 0.3) is 0 Å². The van der Waals surface area contributed by atoms with Crippen molar-refractivity contribution in [2.24, 2.45) is 0 Å². The van der Waals surface area contributed by atoms with E-state index in [1.165, 1.54) is 45.0 Å². The topological polar surface area (TPSA) is 15.3 Å². The van der Waals surface area contributed by atoms with Gasteiger partial charge in [0, 0.05) is 34.5 Å². The van der Waals surface area contributed by atoms with Gasteiger partial charge in [-0.1, -0.05) is 87.2 Å². The lowest BCUT2D eigenvalue weighted by molar-refractivity contribution is 0.475. The Bertz CT molecular complexity index is 1230. The SMILES string of the molecule is C=C/C=C\C=C1/Cc2ccc3c(c2N1c1cccc(C)c1)C(C)(C)C(c1ccccc1)N3. The highest BCUT2D eigenvalue weighted by molar-refractivity contribution is 5.86. The van der Waals surface area contributed by atoms with E-state index in [9.17, 15) is 0 Å². The number of nitrogens with one attached hydrogen (secondary N) is 1. The van der Waals surface area contributed by atoms with Crippen molar-refractivity contribution in [3.8, 4) is 0 Å². The lowest BCUT2D eigenvalue weighted by Gasteiger charge is -2.32. The fourth-order valence-electron chi connectivity index (χ4n) is 5.29. The second-order valence-corrected chi connectivity index (χ2v) is 9.34. The molecule has 2 aliphatic heterocycles. The normalized spacial score (nSPS) is 19.8. The van der Waals surface area contributed by atoms with Gasteiger partial charge in [0.15, 0.2) is 0 Å². The third-order valence-corrected chi connectivity index (χ3v) is 6.74. The highest BCUT2D eigenvalue weighted by atomic mass is 15.2. The predicted octanol–water partition coefficient (Wildman–Crippen LogP) is 7.76. The first-order chi connectivity index (χ1) is 15.5. The van der Waals surface area contributed by atoms with Gasteiger partial charge >= 0.3 is 0 Å². The Labute approximate surface area is 191 Å². The third-order valence-electron chi connectivity index (χ3n) is 6.74. The summed E-state index contributed by atoms with van der Waals surface area (Å²) in [7, 11) is 0. The van der Waals surface area contributed by atoms with E-state index in [0.29, 0.717) is 0 Å². The van der Waals surface area contributed by atoms with Gasteiger partial charge in [-0.05, 0) is 47.9 Å². The predicted molar refractivity (Wildman–Crippen MR) is 137 cm³/mol. The number of allylic oxidation sites excluding steroid dienone is 5. The minimum Gasteiger partial charge on any atom is -0.377 e. The molecule has 160 valence electrons. The Morgan fingerprint density at radius 2 is 1.81 bits per heavy atom. The van der Waals surface area contributed by atoms with Gasteiger partial charge < -0.3 is 10.2 Å². The Balaban J connectivity index is 1.70. The first kappa shape index (κ1) is 20.4. The van der Waals surface area contributed by atoms with Crippen LogP contribution in [0.5, 0.6) is 0 Å². The molecule has 0 radical (unpaired) electrons. The molecular formula is C30H30N2. The van der Waals surface area contributed by atoms with E-state index in [4.69, 9.17) is 0 Å². The second kappa shape index (κ2) is 7.87. The van der Waals surface area contributed by atoms with E-state index in [0.717, 1.165) is 6.42 Å². The van der Waals surface area contributed by atoms with E-state index < -0.39 is 0 Å². The monoisotopic (exact) mass is 418 g/mol. The van der Waals surface area contributed by atoms with Crippen LogP contribution in [0.15, 0.2) is 103 Å². The van der Waals surface area contributed by atoms with Crippen molar-refractivity contribution in [3.05, 3.63) is 126 Å². The van der Waals surface area contributed by atoms with Gasteiger partial charge in [-0.3, -0.25) is 0 Å². The summed E-state index contributed by atoms with van der Waals surface area (Å²) in [6.07, 6.45) is 9.05. The average Bonchev–Trinajstić information content (AvgIpc) is 3.28. The van der Waals surface area contributed by atoms with Crippen LogP contribution < -0.4 is 10.2 Å². The second-order valence-electron chi connectivity index (χ2n) is 9.34. The van der Waals surface area contributed by atoms with Crippen LogP contribution in [0.4, 0.5) is 17.1 Å². The lowest BCUT2D eigenvalue weighted by atomic mass is 9.76. The van der Waals surface area contributed by atoms with E-state index in [-0.39, 0.29) is 11.5 Å². The Kier molecular flexibility index (Phi) is 5.01. The maximum absolute atomic E-state index is 3.85. The van der Waals surface area contributed by atoms with Gasteiger partial charge in [0.2, 0.25) is 0 Å². The van der Waals surface area contributed by atoms with Gasteiger partial charge in [-0.2, -0.15) is 0 Å². The van der Waals surface area contributed by atoms with Gasteiger partial charge in [0.1, 0.15) is 0 Å². The van der Waals surface area contributed by atoms with Crippen LogP contribution in [0.1, 0.15) is 42.1 Å². The molecule has 2 heterocycles. The van der Waals surface area contributed by atoms with Crippen LogP contribution in [0.3, 0.4) is 0 Å². The number of anilines is 3. The molecule has 0 saturated heterocycles. The molecule has 0 amide bonds. The van der Waals surface area contributed by atoms with Crippen molar-refractivity contribution in [2.45, 2.75) is 38.6 Å².